The van der Waals surface area contributed by atoms with Gasteiger partial charge < -0.3 is 19.9 Å². The summed E-state index contributed by atoms with van der Waals surface area (Å²) in [6.07, 6.45) is 2.22. The Hall–Kier alpha value is -1.04. The molecule has 3 rings (SSSR count). The molecule has 3 unspecified atom stereocenters. The van der Waals surface area contributed by atoms with Crippen LogP contribution >= 0.6 is 24.0 Å². The van der Waals surface area contributed by atoms with Crippen LogP contribution in [0.2, 0.25) is 0 Å². The van der Waals surface area contributed by atoms with Crippen LogP contribution in [0.4, 0.5) is 13.2 Å². The molecule has 1 saturated carbocycles. The molecule has 2 N–H and O–H groups in total. The van der Waals surface area contributed by atoms with Crippen LogP contribution in [0.3, 0.4) is 0 Å². The molecular formula is C18H29F3IN5O. The maximum atomic E-state index is 13.6. The third-order valence-corrected chi connectivity index (χ3v) is 5.92. The third-order valence-electron chi connectivity index (χ3n) is 5.92. The second kappa shape index (κ2) is 9.19. The molecule has 2 aliphatic rings. The van der Waals surface area contributed by atoms with Crippen LogP contribution in [0.5, 0.6) is 0 Å². The Balaban J connectivity index is 0.00000280. The van der Waals surface area contributed by atoms with Gasteiger partial charge in [-0.3, -0.25) is 4.99 Å². The summed E-state index contributed by atoms with van der Waals surface area (Å²) in [5.74, 6) is 1.50. The van der Waals surface area contributed by atoms with E-state index in [1.807, 2.05) is 0 Å². The summed E-state index contributed by atoms with van der Waals surface area (Å²) in [6, 6.07) is 0. The first-order valence-electron chi connectivity index (χ1n) is 9.49. The minimum Gasteiger partial charge on any atom is -0.374 e. The Morgan fingerprint density at radius 3 is 2.36 bits per heavy atom. The van der Waals surface area contributed by atoms with Crippen LogP contribution in [-0.4, -0.2) is 58.4 Å². The van der Waals surface area contributed by atoms with Gasteiger partial charge in [-0.25, -0.2) is 4.98 Å². The molecule has 1 aliphatic heterocycles. The van der Waals surface area contributed by atoms with Crippen molar-refractivity contribution >= 4 is 29.9 Å². The van der Waals surface area contributed by atoms with Crippen LogP contribution < -0.4 is 5.32 Å². The zero-order chi connectivity index (χ0) is 19.7. The van der Waals surface area contributed by atoms with E-state index in [4.69, 9.17) is 0 Å². The number of halogens is 4. The number of hydrogen-bond acceptors (Lipinski definition) is 3. The smallest absolute Gasteiger partial charge is 0.374 e. The summed E-state index contributed by atoms with van der Waals surface area (Å²) in [5.41, 5.74) is -3.00. The molecule has 160 valence electrons. The van der Waals surface area contributed by atoms with Crippen molar-refractivity contribution in [2.75, 3.05) is 26.7 Å². The second-order valence-corrected chi connectivity index (χ2v) is 7.65. The highest BCUT2D eigenvalue weighted by Gasteiger charge is 2.57. The molecule has 2 heterocycles. The molecule has 1 aromatic heterocycles. The number of aliphatic imine (C=N–C) groups is 1. The summed E-state index contributed by atoms with van der Waals surface area (Å²) < 4.78 is 42.0. The van der Waals surface area contributed by atoms with E-state index in [1.54, 1.807) is 7.05 Å². The number of aromatic nitrogens is 2. The van der Waals surface area contributed by atoms with Gasteiger partial charge >= 0.3 is 6.18 Å². The van der Waals surface area contributed by atoms with Gasteiger partial charge in [0, 0.05) is 52.5 Å². The summed E-state index contributed by atoms with van der Waals surface area (Å²) in [6.45, 7) is 1.74. The molecule has 6 nitrogen and oxygen atoms in total. The van der Waals surface area contributed by atoms with Crippen LogP contribution in [-0.2, 0) is 12.6 Å². The van der Waals surface area contributed by atoms with E-state index in [1.165, 1.54) is 49.7 Å². The number of likely N-dealkylation sites (tertiary alicyclic amines) is 1. The van der Waals surface area contributed by atoms with Crippen molar-refractivity contribution in [1.82, 2.24) is 19.8 Å². The van der Waals surface area contributed by atoms with E-state index < -0.39 is 24.0 Å². The van der Waals surface area contributed by atoms with Crippen molar-refractivity contribution in [3.05, 3.63) is 18.2 Å². The largest absolute Gasteiger partial charge is 0.424 e. The summed E-state index contributed by atoms with van der Waals surface area (Å²) in [5, 5.41) is 13.4. The van der Waals surface area contributed by atoms with E-state index in [0.717, 1.165) is 13.1 Å². The molecule has 0 aromatic carbocycles. The Kier molecular flexibility index (Phi) is 7.62. The molecule has 1 saturated heterocycles. The number of hydrogen-bond donors (Lipinski definition) is 2. The van der Waals surface area contributed by atoms with Crippen molar-refractivity contribution in [3.8, 4) is 0 Å². The number of fused-ring (bicyclic) bond motifs is 1. The molecule has 10 heteroatoms. The number of nitrogens with zero attached hydrogens (tertiary/aromatic N) is 4. The number of imidazole rings is 1. The van der Waals surface area contributed by atoms with Crippen LogP contribution in [0.25, 0.3) is 0 Å². The quantitative estimate of drug-likeness (QED) is 0.368. The zero-order valence-electron chi connectivity index (χ0n) is 16.2. The number of alkyl halides is 3. The lowest BCUT2D eigenvalue weighted by Crippen LogP contribution is -2.48. The van der Waals surface area contributed by atoms with Crippen LogP contribution in [0.15, 0.2) is 17.4 Å². The third kappa shape index (κ3) is 4.58. The summed E-state index contributed by atoms with van der Waals surface area (Å²) in [4.78, 5) is 10.1. The van der Waals surface area contributed by atoms with Crippen molar-refractivity contribution in [1.29, 1.82) is 0 Å². The fourth-order valence-electron chi connectivity index (χ4n) is 4.41. The minimum atomic E-state index is -4.82. The lowest BCUT2D eigenvalue weighted by molar-refractivity contribution is -0.272. The normalized spacial score (nSPS) is 25.1. The van der Waals surface area contributed by atoms with Gasteiger partial charge in [0.25, 0.3) is 0 Å². The molecule has 0 amide bonds. The predicted octanol–water partition coefficient (Wildman–Crippen LogP) is 2.88. The molecule has 0 bridgehead atoms. The number of aliphatic hydroxyl groups is 1. The number of nitrogens with one attached hydrogen (secondary N) is 1. The summed E-state index contributed by atoms with van der Waals surface area (Å²) >= 11 is 0. The Morgan fingerprint density at radius 2 is 1.89 bits per heavy atom. The predicted molar refractivity (Wildman–Crippen MR) is 112 cm³/mol. The standard InChI is InChI=1S/C18H28F3N5O.HI/c1-22-16(26-11-13-5-3-4-6-14(13)12-26)24-8-7-17(27,18(19,20)21)15-23-9-10-25(15)2;/h9-10,13-14,27H,3-8,11-12H2,1-2H3,(H,22,24);1H. The van der Waals surface area contributed by atoms with Crippen molar-refractivity contribution in [2.24, 2.45) is 23.9 Å². The van der Waals surface area contributed by atoms with Gasteiger partial charge in [0.15, 0.2) is 5.96 Å². The highest BCUT2D eigenvalue weighted by molar-refractivity contribution is 14.0. The van der Waals surface area contributed by atoms with E-state index in [-0.39, 0.29) is 30.5 Å². The highest BCUT2D eigenvalue weighted by atomic mass is 127. The fraction of sp³-hybridized carbons (Fsp3) is 0.778. The maximum absolute atomic E-state index is 13.6. The number of guanidine groups is 1. The molecule has 0 spiro atoms. The molecular weight excluding hydrogens is 486 g/mol. The topological polar surface area (TPSA) is 65.7 Å². The van der Waals surface area contributed by atoms with Gasteiger partial charge in [-0.05, 0) is 24.7 Å². The molecule has 1 aliphatic carbocycles. The molecule has 2 fully saturated rings. The average molecular weight is 515 g/mol. The van der Waals surface area contributed by atoms with E-state index in [2.05, 4.69) is 20.2 Å². The van der Waals surface area contributed by atoms with Gasteiger partial charge in [0.05, 0.1) is 0 Å². The van der Waals surface area contributed by atoms with Crippen LogP contribution in [0, 0.1) is 11.8 Å². The first-order chi connectivity index (χ1) is 12.8. The van der Waals surface area contributed by atoms with Gasteiger partial charge in [-0.2, -0.15) is 13.2 Å². The molecule has 0 radical (unpaired) electrons. The number of rotatable bonds is 4. The Morgan fingerprint density at radius 1 is 1.29 bits per heavy atom. The van der Waals surface area contributed by atoms with Crippen LogP contribution in [0.1, 0.15) is 37.9 Å². The lowest BCUT2D eigenvalue weighted by atomic mass is 9.82. The average Bonchev–Trinajstić information content (AvgIpc) is 3.23. The fourth-order valence-corrected chi connectivity index (χ4v) is 4.41. The van der Waals surface area contributed by atoms with Crippen molar-refractivity contribution in [2.45, 2.75) is 43.9 Å². The lowest BCUT2D eigenvalue weighted by Gasteiger charge is -2.30. The first-order valence-corrected chi connectivity index (χ1v) is 9.49. The number of aryl methyl sites for hydroxylation is 1. The Bertz CT molecular complexity index is 666. The van der Waals surface area contributed by atoms with Crippen molar-refractivity contribution in [3.63, 3.8) is 0 Å². The first kappa shape index (κ1) is 23.2. The van der Waals surface area contributed by atoms with Crippen molar-refractivity contribution < 1.29 is 18.3 Å². The second-order valence-electron chi connectivity index (χ2n) is 7.65. The molecule has 28 heavy (non-hydrogen) atoms. The van der Waals surface area contributed by atoms with E-state index >= 15 is 0 Å². The monoisotopic (exact) mass is 515 g/mol. The maximum Gasteiger partial charge on any atom is 0.424 e. The van der Waals surface area contributed by atoms with Gasteiger partial charge in [-0.15, -0.1) is 24.0 Å². The summed E-state index contributed by atoms with van der Waals surface area (Å²) in [7, 11) is 3.08. The molecule has 1 aromatic rings. The highest BCUT2D eigenvalue weighted by Crippen LogP contribution is 2.40. The van der Waals surface area contributed by atoms with Gasteiger partial charge in [-0.1, -0.05) is 12.8 Å². The SMILES string of the molecule is CN=C(NCCC(O)(c1nccn1C)C(F)(F)F)N1CC2CCCCC2C1.I. The Labute approximate surface area is 180 Å². The van der Waals surface area contributed by atoms with Gasteiger partial charge in [0.2, 0.25) is 5.60 Å². The van der Waals surface area contributed by atoms with E-state index in [0.29, 0.717) is 17.8 Å². The zero-order valence-corrected chi connectivity index (χ0v) is 18.6. The minimum absolute atomic E-state index is 0. The van der Waals surface area contributed by atoms with Gasteiger partial charge in [0.1, 0.15) is 5.82 Å². The molecule has 3 atom stereocenters. The van der Waals surface area contributed by atoms with E-state index in [9.17, 15) is 18.3 Å².